The van der Waals surface area contributed by atoms with Gasteiger partial charge in [0.05, 0.1) is 11.0 Å². The Morgan fingerprint density at radius 3 is 2.71 bits per heavy atom. The molecule has 0 fully saturated rings. The number of aryl methyl sites for hydroxylation is 1. The number of rotatable bonds is 3. The zero-order chi connectivity index (χ0) is 15.8. The Bertz CT molecular complexity index is 618. The molecule has 0 aliphatic carbocycles. The molecule has 1 heterocycles. The molecule has 0 atom stereocenters. The predicted octanol–water partition coefficient (Wildman–Crippen LogP) is 0.991. The second-order valence-corrected chi connectivity index (χ2v) is 4.51. The van der Waals surface area contributed by atoms with Gasteiger partial charge in [-0.3, -0.25) is 4.57 Å². The molecule has 21 heavy (non-hydrogen) atoms. The second kappa shape index (κ2) is 7.88. The molecule has 0 aliphatic heterocycles. The lowest BCUT2D eigenvalue weighted by Gasteiger charge is -2.05. The molecule has 2 aromatic rings. The Labute approximate surface area is 122 Å². The van der Waals surface area contributed by atoms with Crippen molar-refractivity contribution in [3.63, 3.8) is 0 Å². The fourth-order valence-electron chi connectivity index (χ4n) is 1.74. The van der Waals surface area contributed by atoms with E-state index in [0.717, 1.165) is 29.4 Å². The molecule has 0 saturated heterocycles. The van der Waals surface area contributed by atoms with Crippen LogP contribution in [-0.4, -0.2) is 28.2 Å². The van der Waals surface area contributed by atoms with Gasteiger partial charge in [0.2, 0.25) is 0 Å². The fraction of sp³-hybridized carbons (Fsp3) is 0.357. The van der Waals surface area contributed by atoms with E-state index in [0.29, 0.717) is 6.54 Å². The number of unbranched alkanes of at least 4 members (excludes halogenated alkanes) is 1. The molecule has 7 nitrogen and oxygen atoms in total. The molecule has 114 valence electrons. The maximum absolute atomic E-state index is 11.9. The number of nitrogens with two attached hydrogens (primary N) is 1. The number of carbonyl (C=O) groups is 2. The van der Waals surface area contributed by atoms with E-state index in [9.17, 15) is 4.79 Å². The van der Waals surface area contributed by atoms with Gasteiger partial charge < -0.3 is 21.0 Å². The van der Waals surface area contributed by atoms with Gasteiger partial charge in [-0.25, -0.2) is 9.78 Å². The summed E-state index contributed by atoms with van der Waals surface area (Å²) in [6.07, 6.45) is 2.06. The van der Waals surface area contributed by atoms with E-state index >= 15 is 0 Å². The predicted molar refractivity (Wildman–Crippen MR) is 77.8 cm³/mol. The van der Waals surface area contributed by atoms with Crippen LogP contribution in [0.5, 0.6) is 0 Å². The maximum atomic E-state index is 11.9. The molecular formula is C14H19N4O3-. The first-order chi connectivity index (χ1) is 9.95. The molecule has 2 rings (SSSR count). The van der Waals surface area contributed by atoms with Gasteiger partial charge in [-0.15, -0.1) is 0 Å². The van der Waals surface area contributed by atoms with Crippen molar-refractivity contribution in [3.05, 3.63) is 30.1 Å². The molecule has 0 aliphatic rings. The van der Waals surface area contributed by atoms with Crippen LogP contribution in [0.1, 0.15) is 25.3 Å². The molecule has 0 bridgehead atoms. The SMILES string of the molecule is CCCCNC(=O)n1cnc2cc(C)ccc21.NC(=O)[O-]. The summed E-state index contributed by atoms with van der Waals surface area (Å²) in [4.78, 5) is 24.8. The van der Waals surface area contributed by atoms with Crippen LogP contribution in [0.4, 0.5) is 9.59 Å². The molecule has 0 saturated carbocycles. The minimum absolute atomic E-state index is 0.107. The second-order valence-electron chi connectivity index (χ2n) is 4.51. The number of nitrogens with one attached hydrogen (secondary N) is 1. The standard InChI is InChI=1S/C13H17N3O.CH3NO2/c1-3-4-7-14-13(17)16-9-15-11-8-10(2)5-6-12(11)16;2-1(3)4/h5-6,8-9H,3-4,7H2,1-2H3,(H,14,17);2H2,(H,3,4)/p-1. The van der Waals surface area contributed by atoms with Crippen LogP contribution < -0.4 is 16.2 Å². The zero-order valence-corrected chi connectivity index (χ0v) is 12.1. The van der Waals surface area contributed by atoms with Crippen molar-refractivity contribution in [2.24, 2.45) is 5.73 Å². The lowest BCUT2D eigenvalue weighted by molar-refractivity contribution is -0.245. The molecular weight excluding hydrogens is 272 g/mol. The van der Waals surface area contributed by atoms with Gasteiger partial charge in [0, 0.05) is 6.54 Å². The quantitative estimate of drug-likeness (QED) is 0.821. The average molecular weight is 291 g/mol. The highest BCUT2D eigenvalue weighted by atomic mass is 16.4. The minimum atomic E-state index is -1.58. The van der Waals surface area contributed by atoms with E-state index in [4.69, 9.17) is 9.90 Å². The summed E-state index contributed by atoms with van der Waals surface area (Å²) >= 11 is 0. The number of carbonyl (C=O) groups excluding carboxylic acids is 2. The lowest BCUT2D eigenvalue weighted by Crippen LogP contribution is -2.29. The van der Waals surface area contributed by atoms with E-state index < -0.39 is 6.09 Å². The summed E-state index contributed by atoms with van der Waals surface area (Å²) in [6, 6.07) is 5.78. The Morgan fingerprint density at radius 2 is 2.10 bits per heavy atom. The van der Waals surface area contributed by atoms with Crippen molar-refractivity contribution in [2.45, 2.75) is 26.7 Å². The average Bonchev–Trinajstić information content (AvgIpc) is 2.81. The van der Waals surface area contributed by atoms with Crippen molar-refractivity contribution in [3.8, 4) is 0 Å². The zero-order valence-electron chi connectivity index (χ0n) is 12.1. The summed E-state index contributed by atoms with van der Waals surface area (Å²) < 4.78 is 1.56. The number of aromatic nitrogens is 2. The monoisotopic (exact) mass is 291 g/mol. The lowest BCUT2D eigenvalue weighted by atomic mass is 10.2. The van der Waals surface area contributed by atoms with Crippen molar-refractivity contribution in [1.82, 2.24) is 14.9 Å². The summed E-state index contributed by atoms with van der Waals surface area (Å²) in [5.74, 6) is 0. The van der Waals surface area contributed by atoms with E-state index in [1.807, 2.05) is 25.1 Å². The summed E-state index contributed by atoms with van der Waals surface area (Å²) in [6.45, 7) is 4.82. The third-order valence-electron chi connectivity index (χ3n) is 2.73. The van der Waals surface area contributed by atoms with Gasteiger partial charge in [0.15, 0.2) is 0 Å². The molecule has 2 amide bonds. The number of nitrogens with zero attached hydrogens (tertiary/aromatic N) is 2. The molecule has 0 radical (unpaired) electrons. The number of hydrogen-bond acceptors (Lipinski definition) is 4. The molecule has 0 unspecified atom stereocenters. The van der Waals surface area contributed by atoms with Gasteiger partial charge >= 0.3 is 6.03 Å². The van der Waals surface area contributed by atoms with Crippen LogP contribution >= 0.6 is 0 Å². The van der Waals surface area contributed by atoms with Gasteiger partial charge in [0.1, 0.15) is 12.4 Å². The van der Waals surface area contributed by atoms with Crippen LogP contribution in [0.25, 0.3) is 11.0 Å². The number of fused-ring (bicyclic) bond motifs is 1. The van der Waals surface area contributed by atoms with E-state index in [2.05, 4.69) is 23.0 Å². The van der Waals surface area contributed by atoms with Crippen LogP contribution in [-0.2, 0) is 0 Å². The van der Waals surface area contributed by atoms with Crippen LogP contribution in [0.3, 0.4) is 0 Å². The number of primary amides is 1. The smallest absolute Gasteiger partial charge is 0.327 e. The molecule has 1 aromatic carbocycles. The third-order valence-corrected chi connectivity index (χ3v) is 2.73. The highest BCUT2D eigenvalue weighted by molar-refractivity contribution is 5.89. The summed E-state index contributed by atoms with van der Waals surface area (Å²) in [5, 5.41) is 11.5. The van der Waals surface area contributed by atoms with Gasteiger partial charge in [-0.1, -0.05) is 19.4 Å². The van der Waals surface area contributed by atoms with E-state index in [1.165, 1.54) is 0 Å². The topological polar surface area (TPSA) is 113 Å². The molecule has 3 N–H and O–H groups in total. The van der Waals surface area contributed by atoms with Crippen LogP contribution in [0.2, 0.25) is 0 Å². The highest BCUT2D eigenvalue weighted by Crippen LogP contribution is 2.13. The Kier molecular flexibility index (Phi) is 6.19. The van der Waals surface area contributed by atoms with E-state index in [-0.39, 0.29) is 6.03 Å². The Balaban J connectivity index is 0.000000491. The van der Waals surface area contributed by atoms with Gasteiger partial charge in [-0.2, -0.15) is 0 Å². The maximum Gasteiger partial charge on any atom is 0.327 e. The number of benzene rings is 1. The minimum Gasteiger partial charge on any atom is -0.530 e. The summed E-state index contributed by atoms with van der Waals surface area (Å²) in [7, 11) is 0. The first-order valence-corrected chi connectivity index (χ1v) is 6.64. The Hall–Kier alpha value is -2.57. The van der Waals surface area contributed by atoms with Crippen LogP contribution in [0.15, 0.2) is 24.5 Å². The molecule has 1 aromatic heterocycles. The van der Waals surface area contributed by atoms with Crippen LogP contribution in [0, 0.1) is 6.92 Å². The first-order valence-electron chi connectivity index (χ1n) is 6.64. The normalized spacial score (nSPS) is 9.81. The van der Waals surface area contributed by atoms with E-state index in [1.54, 1.807) is 10.9 Å². The number of hydrogen-bond donors (Lipinski definition) is 2. The molecule has 7 heteroatoms. The molecule has 0 spiro atoms. The van der Waals surface area contributed by atoms with Crippen molar-refractivity contribution in [2.75, 3.05) is 6.54 Å². The van der Waals surface area contributed by atoms with Gasteiger partial charge in [0.25, 0.3) is 0 Å². The Morgan fingerprint density at radius 1 is 1.43 bits per heavy atom. The summed E-state index contributed by atoms with van der Waals surface area (Å²) in [5.41, 5.74) is 6.77. The largest absolute Gasteiger partial charge is 0.530 e. The van der Waals surface area contributed by atoms with Crippen molar-refractivity contribution < 1.29 is 14.7 Å². The fourth-order valence-corrected chi connectivity index (χ4v) is 1.74. The number of carboxylic acid groups (broad SMARTS) is 1. The first kappa shape index (κ1) is 16.5. The van der Waals surface area contributed by atoms with Crippen molar-refractivity contribution >= 4 is 23.2 Å². The highest BCUT2D eigenvalue weighted by Gasteiger charge is 2.08. The number of amides is 2. The third kappa shape index (κ3) is 5.13. The van der Waals surface area contributed by atoms with Gasteiger partial charge in [-0.05, 0) is 31.0 Å². The number of imidazole rings is 1. The van der Waals surface area contributed by atoms with Crippen molar-refractivity contribution in [1.29, 1.82) is 0 Å².